The van der Waals surface area contributed by atoms with Crippen molar-refractivity contribution in [2.45, 2.75) is 63.6 Å². The van der Waals surface area contributed by atoms with Gasteiger partial charge in [-0.05, 0) is 43.9 Å². The molecule has 4 N–H and O–H groups in total. The molecule has 3 aromatic rings. The van der Waals surface area contributed by atoms with Crippen LogP contribution in [0.2, 0.25) is 0 Å². The topological polar surface area (TPSA) is 117 Å². The second-order valence-electron chi connectivity index (χ2n) is 9.72. The fraction of sp³-hybridized carbons (Fsp3) is 0.619. The van der Waals surface area contributed by atoms with Crippen molar-refractivity contribution in [3.05, 3.63) is 23.7 Å². The fourth-order valence-electron chi connectivity index (χ4n) is 5.83. The predicted molar refractivity (Wildman–Crippen MR) is 115 cm³/mol. The smallest absolute Gasteiger partial charge is 0.224 e. The molecule has 4 aliphatic rings. The second kappa shape index (κ2) is 6.16. The molecular weight excluding hydrogens is 378 g/mol. The van der Waals surface area contributed by atoms with E-state index in [1.807, 2.05) is 19.4 Å². The number of hydrogen-bond acceptors (Lipinski definition) is 7. The van der Waals surface area contributed by atoms with Crippen molar-refractivity contribution in [3.8, 4) is 0 Å². The van der Waals surface area contributed by atoms with Gasteiger partial charge in [-0.2, -0.15) is 20.2 Å². The van der Waals surface area contributed by atoms with Crippen LogP contribution in [0.1, 0.15) is 49.8 Å². The van der Waals surface area contributed by atoms with E-state index in [2.05, 4.69) is 24.6 Å². The third-order valence-electron chi connectivity index (χ3n) is 7.85. The molecule has 2 bridgehead atoms. The van der Waals surface area contributed by atoms with Gasteiger partial charge in [-0.3, -0.25) is 9.36 Å². The van der Waals surface area contributed by atoms with Gasteiger partial charge < -0.3 is 16.4 Å². The van der Waals surface area contributed by atoms with Gasteiger partial charge in [-0.25, -0.2) is 0 Å². The summed E-state index contributed by atoms with van der Waals surface area (Å²) in [6.07, 6.45) is 12.0. The number of rotatable bonds is 3. The molecule has 0 spiro atoms. The fourth-order valence-corrected chi connectivity index (χ4v) is 5.83. The van der Waals surface area contributed by atoms with E-state index in [-0.39, 0.29) is 11.5 Å². The summed E-state index contributed by atoms with van der Waals surface area (Å²) in [5.74, 6) is 1.15. The summed E-state index contributed by atoms with van der Waals surface area (Å²) in [7, 11) is 1.88. The summed E-state index contributed by atoms with van der Waals surface area (Å²) in [5, 5.41) is 10.1. The van der Waals surface area contributed by atoms with E-state index in [1.165, 1.54) is 49.8 Å². The van der Waals surface area contributed by atoms with E-state index in [4.69, 9.17) is 16.6 Å². The molecule has 9 heteroatoms. The average molecular weight is 408 g/mol. The lowest BCUT2D eigenvalue weighted by Gasteiger charge is -2.52. The molecule has 0 aromatic carbocycles. The highest BCUT2D eigenvalue weighted by molar-refractivity contribution is 5.88. The van der Waals surface area contributed by atoms with Gasteiger partial charge in [0.15, 0.2) is 5.65 Å². The maximum Gasteiger partial charge on any atom is 0.224 e. The molecule has 0 atom stereocenters. The minimum absolute atomic E-state index is 0.114. The minimum atomic E-state index is 0.114. The van der Waals surface area contributed by atoms with Crippen LogP contribution in [-0.2, 0) is 26.6 Å². The highest BCUT2D eigenvalue weighted by Crippen LogP contribution is 2.52. The number of nitrogens with zero attached hydrogens (tertiary/aromatic N) is 7. The summed E-state index contributed by atoms with van der Waals surface area (Å²) in [5.41, 5.74) is 16.4. The van der Waals surface area contributed by atoms with E-state index in [0.717, 1.165) is 42.9 Å². The Morgan fingerprint density at radius 1 is 1.03 bits per heavy atom. The van der Waals surface area contributed by atoms with Crippen molar-refractivity contribution in [1.82, 2.24) is 29.5 Å². The quantitative estimate of drug-likeness (QED) is 0.679. The van der Waals surface area contributed by atoms with Gasteiger partial charge in [0.05, 0.1) is 17.8 Å². The van der Waals surface area contributed by atoms with Crippen molar-refractivity contribution in [1.29, 1.82) is 0 Å². The Balaban J connectivity index is 1.27. The summed E-state index contributed by atoms with van der Waals surface area (Å²) >= 11 is 0. The molecule has 1 aliphatic heterocycles. The molecule has 0 unspecified atom stereocenters. The lowest BCUT2D eigenvalue weighted by molar-refractivity contribution is 0.0264. The predicted octanol–water partition coefficient (Wildman–Crippen LogP) is 1.76. The van der Waals surface area contributed by atoms with E-state index < -0.39 is 0 Å². The van der Waals surface area contributed by atoms with Crippen LogP contribution in [0, 0.1) is 5.41 Å². The number of aromatic nitrogens is 6. The van der Waals surface area contributed by atoms with Crippen LogP contribution in [0.25, 0.3) is 11.0 Å². The third kappa shape index (κ3) is 2.71. The molecule has 158 valence electrons. The second-order valence-corrected chi connectivity index (χ2v) is 9.72. The third-order valence-corrected chi connectivity index (χ3v) is 7.85. The first-order chi connectivity index (χ1) is 14.4. The first kappa shape index (κ1) is 18.1. The Hall–Kier alpha value is -2.68. The van der Waals surface area contributed by atoms with Gasteiger partial charge in [0.1, 0.15) is 5.82 Å². The van der Waals surface area contributed by atoms with Gasteiger partial charge in [-0.15, -0.1) is 0 Å². The van der Waals surface area contributed by atoms with Crippen molar-refractivity contribution < 1.29 is 0 Å². The maximum absolute atomic E-state index is 6.51. The molecule has 4 heterocycles. The Morgan fingerprint density at radius 3 is 2.57 bits per heavy atom. The van der Waals surface area contributed by atoms with Gasteiger partial charge in [-0.1, -0.05) is 0 Å². The zero-order valence-electron chi connectivity index (χ0n) is 17.5. The van der Waals surface area contributed by atoms with Crippen molar-refractivity contribution in [3.63, 3.8) is 0 Å². The zero-order valence-corrected chi connectivity index (χ0v) is 17.5. The first-order valence-corrected chi connectivity index (χ1v) is 11.0. The number of fused-ring (bicyclic) bond motifs is 5. The van der Waals surface area contributed by atoms with Crippen LogP contribution in [0.3, 0.4) is 0 Å². The number of anilines is 2. The van der Waals surface area contributed by atoms with Crippen LogP contribution in [0.5, 0.6) is 0 Å². The van der Waals surface area contributed by atoms with E-state index >= 15 is 0 Å². The number of nitrogens with two attached hydrogens (primary N) is 2. The minimum Gasteiger partial charge on any atom is -0.368 e. The molecule has 0 radical (unpaired) electrons. The highest BCUT2D eigenvalue weighted by Gasteiger charge is 2.47. The Labute approximate surface area is 175 Å². The lowest BCUT2D eigenvalue weighted by Crippen LogP contribution is -2.53. The van der Waals surface area contributed by atoms with Crippen molar-refractivity contribution in [2.75, 3.05) is 17.2 Å². The molecule has 3 fully saturated rings. The van der Waals surface area contributed by atoms with Crippen LogP contribution < -0.4 is 16.4 Å². The summed E-state index contributed by atoms with van der Waals surface area (Å²) in [6.45, 7) is 2.71. The lowest BCUT2D eigenvalue weighted by atomic mass is 9.57. The zero-order chi connectivity index (χ0) is 20.5. The molecule has 0 saturated heterocycles. The summed E-state index contributed by atoms with van der Waals surface area (Å²) in [6, 6.07) is 0. The number of aryl methyl sites for hydroxylation is 1. The Kier molecular flexibility index (Phi) is 3.72. The van der Waals surface area contributed by atoms with Crippen LogP contribution in [0.4, 0.5) is 11.8 Å². The molecule has 30 heavy (non-hydrogen) atoms. The van der Waals surface area contributed by atoms with Gasteiger partial charge >= 0.3 is 0 Å². The first-order valence-electron chi connectivity index (χ1n) is 11.0. The number of hydrogen-bond donors (Lipinski definition) is 2. The van der Waals surface area contributed by atoms with Crippen LogP contribution in [0.15, 0.2) is 12.4 Å². The average Bonchev–Trinajstić information content (AvgIpc) is 3.32. The normalized spacial score (nSPS) is 28.3. The van der Waals surface area contributed by atoms with Crippen molar-refractivity contribution in [2.24, 2.45) is 18.2 Å². The van der Waals surface area contributed by atoms with Crippen LogP contribution in [-0.4, -0.2) is 41.6 Å². The monoisotopic (exact) mass is 407 g/mol. The maximum atomic E-state index is 6.51. The molecule has 3 saturated carbocycles. The number of nitrogen functional groups attached to an aromatic ring is 1. The molecule has 3 aromatic heterocycles. The Bertz CT molecular complexity index is 1100. The molecular formula is C21H29N9. The van der Waals surface area contributed by atoms with Gasteiger partial charge in [0, 0.05) is 49.9 Å². The Morgan fingerprint density at radius 2 is 1.80 bits per heavy atom. The SMILES string of the molecule is Cn1ncc2c(N3CCc4c(cnn4CC45CCC(N)(CC4)CC5)C3)nc(N)nc21. The standard InChI is InChI=1S/C21H29N9/c1-28-17-15(11-24-28)18(27-19(22)26-17)29-9-2-16-14(12-29)10-25-30(16)13-20-3-6-21(23,7-4-20)8-5-20/h10-11H,2-9,12-13,23H2,1H3,(H2,22,26,27). The van der Waals surface area contributed by atoms with Crippen molar-refractivity contribution >= 4 is 22.8 Å². The molecule has 9 nitrogen and oxygen atoms in total. The van der Waals surface area contributed by atoms with E-state index in [9.17, 15) is 0 Å². The summed E-state index contributed by atoms with van der Waals surface area (Å²) < 4.78 is 4.03. The molecule has 0 amide bonds. The van der Waals surface area contributed by atoms with Gasteiger partial charge in [0.2, 0.25) is 5.95 Å². The molecule has 7 rings (SSSR count). The summed E-state index contributed by atoms with van der Waals surface area (Å²) in [4.78, 5) is 11.2. The highest BCUT2D eigenvalue weighted by atomic mass is 15.3. The van der Waals surface area contributed by atoms with E-state index in [0.29, 0.717) is 5.41 Å². The molecule has 3 aliphatic carbocycles. The van der Waals surface area contributed by atoms with Crippen LogP contribution >= 0.6 is 0 Å². The van der Waals surface area contributed by atoms with Gasteiger partial charge in [0.25, 0.3) is 0 Å². The largest absolute Gasteiger partial charge is 0.368 e. The van der Waals surface area contributed by atoms with E-state index in [1.54, 1.807) is 4.68 Å².